The number of nitrogens with zero attached hydrogens (tertiary/aromatic N) is 1. The smallest absolute Gasteiger partial charge is 0.138 e. The summed E-state index contributed by atoms with van der Waals surface area (Å²) in [5, 5.41) is 0.392. The second kappa shape index (κ2) is 5.61. The van der Waals surface area contributed by atoms with Crippen LogP contribution in [0.2, 0.25) is 0 Å². The number of halogens is 1. The molecule has 1 aliphatic rings. The van der Waals surface area contributed by atoms with Crippen molar-refractivity contribution < 1.29 is 4.74 Å². The second-order valence-electron chi connectivity index (χ2n) is 3.39. The molecule has 0 aromatic heterocycles. The summed E-state index contributed by atoms with van der Waals surface area (Å²) >= 11 is 6.01. The molecule has 2 N–H and O–H groups in total. The Balaban J connectivity index is 3.05. The van der Waals surface area contributed by atoms with Crippen molar-refractivity contribution in [1.82, 2.24) is 0 Å². The Kier molecular flexibility index (Phi) is 4.43. The molecule has 15 heavy (non-hydrogen) atoms. The van der Waals surface area contributed by atoms with Crippen molar-refractivity contribution in [3.05, 3.63) is 34.8 Å². The molecule has 82 valence electrons. The number of methoxy groups -OCH3 is 1. The molecule has 0 aliphatic carbocycles. The van der Waals surface area contributed by atoms with Crippen LogP contribution in [0.4, 0.5) is 0 Å². The van der Waals surface area contributed by atoms with Gasteiger partial charge in [0.05, 0.1) is 13.4 Å². The Hall–Kier alpha value is -1.22. The molecule has 0 saturated carbocycles. The highest BCUT2D eigenvalue weighted by atomic mass is 35.5. The van der Waals surface area contributed by atoms with Gasteiger partial charge in [0.1, 0.15) is 5.16 Å². The van der Waals surface area contributed by atoms with Crippen LogP contribution in [0.15, 0.2) is 39.8 Å². The fourth-order valence-electron chi connectivity index (χ4n) is 1.17. The number of ether oxygens (including phenoxy) is 1. The molecule has 4 heteroatoms. The molecule has 0 bridgehead atoms. The quantitative estimate of drug-likeness (QED) is 0.581. The lowest BCUT2D eigenvalue weighted by Gasteiger charge is -2.10. The van der Waals surface area contributed by atoms with Gasteiger partial charge in [-0.2, -0.15) is 0 Å². The zero-order valence-electron chi connectivity index (χ0n) is 8.90. The summed E-state index contributed by atoms with van der Waals surface area (Å²) in [5.74, 6) is 0.352. The molecule has 0 aromatic rings. The van der Waals surface area contributed by atoms with Crippen LogP contribution in [0.25, 0.3) is 0 Å². The highest BCUT2D eigenvalue weighted by Crippen LogP contribution is 2.21. The molecule has 1 heterocycles. The van der Waals surface area contributed by atoms with Crippen molar-refractivity contribution in [3.63, 3.8) is 0 Å². The normalized spacial score (nSPS) is 33.0. The first kappa shape index (κ1) is 11.9. The van der Waals surface area contributed by atoms with Crippen molar-refractivity contribution in [2.75, 3.05) is 7.11 Å². The van der Waals surface area contributed by atoms with Gasteiger partial charge < -0.3 is 10.5 Å². The molecule has 0 saturated heterocycles. The Morgan fingerprint density at radius 3 is 3.07 bits per heavy atom. The lowest BCUT2D eigenvalue weighted by Crippen LogP contribution is -2.06. The summed E-state index contributed by atoms with van der Waals surface area (Å²) in [4.78, 5) is 4.14. The number of hydrogen-bond acceptors (Lipinski definition) is 3. The maximum Gasteiger partial charge on any atom is 0.138 e. The van der Waals surface area contributed by atoms with Gasteiger partial charge in [0.15, 0.2) is 0 Å². The predicted octanol–water partition coefficient (Wildman–Crippen LogP) is 2.55. The summed E-state index contributed by atoms with van der Waals surface area (Å²) in [6.45, 7) is 2.06. The van der Waals surface area contributed by atoms with Gasteiger partial charge in [0.25, 0.3) is 0 Å². The van der Waals surface area contributed by atoms with E-state index in [0.717, 1.165) is 6.42 Å². The first-order valence-electron chi connectivity index (χ1n) is 4.74. The topological polar surface area (TPSA) is 47.6 Å². The van der Waals surface area contributed by atoms with Crippen molar-refractivity contribution in [1.29, 1.82) is 0 Å². The largest absolute Gasteiger partial charge is 0.504 e. The Morgan fingerprint density at radius 1 is 1.67 bits per heavy atom. The van der Waals surface area contributed by atoms with E-state index in [1.54, 1.807) is 13.2 Å². The van der Waals surface area contributed by atoms with Crippen molar-refractivity contribution in [3.8, 4) is 0 Å². The lowest BCUT2D eigenvalue weighted by molar-refractivity contribution is 0.338. The lowest BCUT2D eigenvalue weighted by atomic mass is 10.1. The minimum Gasteiger partial charge on any atom is -0.504 e. The molecular weight excluding hydrogens is 212 g/mol. The van der Waals surface area contributed by atoms with Crippen LogP contribution in [0.5, 0.6) is 0 Å². The molecule has 0 spiro atoms. The average molecular weight is 227 g/mol. The van der Waals surface area contributed by atoms with Gasteiger partial charge in [-0.1, -0.05) is 24.6 Å². The van der Waals surface area contributed by atoms with Crippen LogP contribution in [0.3, 0.4) is 0 Å². The minimum absolute atomic E-state index is 0.352. The van der Waals surface area contributed by atoms with Gasteiger partial charge >= 0.3 is 0 Å². The molecule has 0 radical (unpaired) electrons. The maximum absolute atomic E-state index is 6.01. The second-order valence-corrected chi connectivity index (χ2v) is 3.75. The van der Waals surface area contributed by atoms with Crippen molar-refractivity contribution in [2.24, 2.45) is 16.6 Å². The number of rotatable bonds is 2. The van der Waals surface area contributed by atoms with Gasteiger partial charge in [0.2, 0.25) is 0 Å². The molecule has 0 aromatic carbocycles. The van der Waals surface area contributed by atoms with Crippen LogP contribution in [0.1, 0.15) is 13.3 Å². The molecule has 3 nitrogen and oxygen atoms in total. The Bertz CT molecular complexity index is 342. The Morgan fingerprint density at radius 2 is 2.40 bits per heavy atom. The van der Waals surface area contributed by atoms with Gasteiger partial charge in [-0.25, -0.2) is 4.99 Å². The molecule has 1 rings (SSSR count). The third kappa shape index (κ3) is 3.44. The van der Waals surface area contributed by atoms with Crippen LogP contribution >= 0.6 is 11.6 Å². The van der Waals surface area contributed by atoms with Crippen LogP contribution in [-0.2, 0) is 4.74 Å². The maximum atomic E-state index is 6.01. The van der Waals surface area contributed by atoms with Gasteiger partial charge in [-0.15, -0.1) is 0 Å². The summed E-state index contributed by atoms with van der Waals surface area (Å²) < 4.78 is 4.83. The van der Waals surface area contributed by atoms with E-state index in [1.165, 1.54) is 6.26 Å². The zero-order chi connectivity index (χ0) is 11.3. The fourth-order valence-corrected chi connectivity index (χ4v) is 1.39. The van der Waals surface area contributed by atoms with E-state index < -0.39 is 0 Å². The summed E-state index contributed by atoms with van der Waals surface area (Å²) in [6, 6.07) is 0. The molecule has 1 atom stereocenters. The van der Waals surface area contributed by atoms with Crippen LogP contribution in [-0.4, -0.2) is 13.3 Å². The van der Waals surface area contributed by atoms with Crippen molar-refractivity contribution >= 4 is 17.8 Å². The highest BCUT2D eigenvalue weighted by molar-refractivity contribution is 6.30. The number of nitrogens with two attached hydrogens (primary N) is 1. The van der Waals surface area contributed by atoms with E-state index in [4.69, 9.17) is 22.1 Å². The van der Waals surface area contributed by atoms with E-state index in [2.05, 4.69) is 11.9 Å². The predicted molar refractivity (Wildman–Crippen MR) is 63.6 cm³/mol. The third-order valence-corrected chi connectivity index (χ3v) is 2.36. The van der Waals surface area contributed by atoms with Gasteiger partial charge in [-0.05, 0) is 18.4 Å². The van der Waals surface area contributed by atoms with Gasteiger partial charge in [0, 0.05) is 17.5 Å². The SMILES string of the molecule is CO/C=C/C1=C(Cl)/N=C\C(C)C\C=C\1N. The van der Waals surface area contributed by atoms with Crippen LogP contribution in [0, 0.1) is 5.92 Å². The molecule has 0 fully saturated rings. The minimum atomic E-state index is 0.352. The number of aliphatic imine (C=N–C) groups is 1. The number of allylic oxidation sites excluding steroid dienone is 2. The third-order valence-electron chi connectivity index (χ3n) is 2.06. The first-order valence-corrected chi connectivity index (χ1v) is 5.12. The average Bonchev–Trinajstić information content (AvgIpc) is 2.22. The van der Waals surface area contributed by atoms with Crippen LogP contribution < -0.4 is 5.73 Å². The molecule has 1 aliphatic heterocycles. The molecule has 0 amide bonds. The van der Waals surface area contributed by atoms with E-state index in [0.29, 0.717) is 22.3 Å². The van der Waals surface area contributed by atoms with Gasteiger partial charge in [-0.3, -0.25) is 0 Å². The molecular formula is C11H15ClN2O. The van der Waals surface area contributed by atoms with E-state index in [9.17, 15) is 0 Å². The standard InChI is InChI=1S/C11H15ClN2O/c1-8-3-4-10(13)9(5-6-15-2)11(12)14-7-8/h4-8H,3,13H2,1-2H3/b6-5+,10-4-,11-9-,14-7-. The Labute approximate surface area is 95.0 Å². The van der Waals surface area contributed by atoms with Crippen molar-refractivity contribution in [2.45, 2.75) is 13.3 Å². The van der Waals surface area contributed by atoms with E-state index in [-0.39, 0.29) is 0 Å². The fraction of sp³-hybridized carbons (Fsp3) is 0.364. The highest BCUT2D eigenvalue weighted by Gasteiger charge is 2.08. The monoisotopic (exact) mass is 226 g/mol. The summed E-state index contributed by atoms with van der Waals surface area (Å²) in [7, 11) is 1.57. The summed E-state index contributed by atoms with van der Waals surface area (Å²) in [5.41, 5.74) is 7.21. The first-order chi connectivity index (χ1) is 7.15. The van der Waals surface area contributed by atoms with E-state index >= 15 is 0 Å². The number of hydrogen-bond donors (Lipinski definition) is 1. The molecule has 1 unspecified atom stereocenters. The van der Waals surface area contributed by atoms with E-state index in [1.807, 2.05) is 12.3 Å². The summed E-state index contributed by atoms with van der Waals surface area (Å²) in [6.07, 6.45) is 7.88. The zero-order valence-corrected chi connectivity index (χ0v) is 9.66.